The van der Waals surface area contributed by atoms with E-state index in [-0.39, 0.29) is 0 Å². The molecule has 0 aliphatic carbocycles. The summed E-state index contributed by atoms with van der Waals surface area (Å²) in [5.74, 6) is 0.324. The van der Waals surface area contributed by atoms with Crippen LogP contribution in [0.4, 0.5) is 5.69 Å². The summed E-state index contributed by atoms with van der Waals surface area (Å²) < 4.78 is 6.65. The molecular weight excluding hydrogens is 232 g/mol. The highest BCUT2D eigenvalue weighted by Crippen LogP contribution is 2.18. The van der Waals surface area contributed by atoms with Crippen LogP contribution in [0.1, 0.15) is 11.3 Å². The van der Waals surface area contributed by atoms with Gasteiger partial charge in [-0.2, -0.15) is 5.26 Å². The molecule has 0 aliphatic heterocycles. The zero-order chi connectivity index (χ0) is 13.0. The average Bonchev–Trinajstić information content (AvgIpc) is 2.81. The summed E-state index contributed by atoms with van der Waals surface area (Å²) in [7, 11) is 3.30. The van der Waals surface area contributed by atoms with Crippen molar-refractivity contribution in [3.8, 4) is 11.9 Å². The molecule has 2 aromatic rings. The summed E-state index contributed by atoms with van der Waals surface area (Å²) in [5.41, 5.74) is 2.07. The van der Waals surface area contributed by atoms with Crippen molar-refractivity contribution in [2.24, 2.45) is 7.05 Å². The number of pyridine rings is 1. The molecule has 2 aromatic heterocycles. The maximum atomic E-state index is 8.95. The molecule has 0 bridgehead atoms. The number of anilines is 1. The Morgan fingerprint density at radius 2 is 2.33 bits per heavy atom. The van der Waals surface area contributed by atoms with E-state index in [0.29, 0.717) is 18.0 Å². The maximum absolute atomic E-state index is 8.95. The molecule has 92 valence electrons. The Balaban J connectivity index is 2.11. The lowest BCUT2D eigenvalue weighted by Gasteiger charge is -2.07. The molecule has 0 saturated heterocycles. The SMILES string of the molecule is COc1ncc(NCc2cnnn2C)cc1C#N. The first kappa shape index (κ1) is 11.9. The third-order valence-electron chi connectivity index (χ3n) is 2.45. The Bertz CT molecular complexity index is 585. The molecule has 0 aliphatic rings. The van der Waals surface area contributed by atoms with Crippen LogP contribution in [-0.2, 0) is 13.6 Å². The van der Waals surface area contributed by atoms with Crippen LogP contribution in [0.25, 0.3) is 0 Å². The minimum atomic E-state index is 0.324. The second-order valence-electron chi connectivity index (χ2n) is 3.60. The fourth-order valence-corrected chi connectivity index (χ4v) is 1.46. The van der Waals surface area contributed by atoms with Gasteiger partial charge in [-0.05, 0) is 6.07 Å². The third kappa shape index (κ3) is 2.38. The van der Waals surface area contributed by atoms with Gasteiger partial charge in [0.15, 0.2) is 0 Å². The van der Waals surface area contributed by atoms with E-state index in [2.05, 4.69) is 20.6 Å². The number of hydrogen-bond acceptors (Lipinski definition) is 6. The summed E-state index contributed by atoms with van der Waals surface area (Å²) in [4.78, 5) is 4.05. The number of methoxy groups -OCH3 is 1. The number of aromatic nitrogens is 4. The highest BCUT2D eigenvalue weighted by atomic mass is 16.5. The molecule has 0 atom stereocenters. The lowest BCUT2D eigenvalue weighted by Crippen LogP contribution is -2.06. The molecule has 1 N–H and O–H groups in total. The summed E-state index contributed by atoms with van der Waals surface area (Å²) in [6.07, 6.45) is 3.29. The summed E-state index contributed by atoms with van der Waals surface area (Å²) in [6, 6.07) is 3.72. The van der Waals surface area contributed by atoms with Crippen molar-refractivity contribution in [3.05, 3.63) is 29.7 Å². The lowest BCUT2D eigenvalue weighted by molar-refractivity contribution is 0.396. The standard InChI is InChI=1S/C11H12N6O/c1-17-10(7-15-16-17)6-13-9-3-8(4-12)11(18-2)14-5-9/h3,5,7,13H,6H2,1-2H3. The predicted octanol–water partition coefficient (Wildman–Crippen LogP) is 0.702. The van der Waals surface area contributed by atoms with Gasteiger partial charge in [0, 0.05) is 7.05 Å². The Hall–Kier alpha value is -2.62. The quantitative estimate of drug-likeness (QED) is 0.851. The van der Waals surface area contributed by atoms with Crippen molar-refractivity contribution < 1.29 is 4.74 Å². The molecule has 18 heavy (non-hydrogen) atoms. The first-order chi connectivity index (χ1) is 8.74. The van der Waals surface area contributed by atoms with Gasteiger partial charge in [0.25, 0.3) is 0 Å². The number of ether oxygens (including phenoxy) is 1. The maximum Gasteiger partial charge on any atom is 0.231 e. The zero-order valence-electron chi connectivity index (χ0n) is 10.1. The van der Waals surface area contributed by atoms with E-state index in [1.54, 1.807) is 23.1 Å². The first-order valence-corrected chi connectivity index (χ1v) is 5.26. The van der Waals surface area contributed by atoms with Crippen molar-refractivity contribution in [1.29, 1.82) is 5.26 Å². The topological polar surface area (TPSA) is 88.7 Å². The minimum absolute atomic E-state index is 0.324. The number of rotatable bonds is 4. The smallest absolute Gasteiger partial charge is 0.231 e. The van der Waals surface area contributed by atoms with Crippen LogP contribution in [0.3, 0.4) is 0 Å². The van der Waals surface area contributed by atoms with Gasteiger partial charge in [0.2, 0.25) is 5.88 Å². The largest absolute Gasteiger partial charge is 0.480 e. The van der Waals surface area contributed by atoms with Gasteiger partial charge >= 0.3 is 0 Å². The van der Waals surface area contributed by atoms with Gasteiger partial charge in [-0.3, -0.25) is 4.68 Å². The Kier molecular flexibility index (Phi) is 3.38. The van der Waals surface area contributed by atoms with Crippen LogP contribution in [0, 0.1) is 11.3 Å². The van der Waals surface area contributed by atoms with Crippen molar-refractivity contribution in [2.75, 3.05) is 12.4 Å². The highest BCUT2D eigenvalue weighted by molar-refractivity contribution is 5.51. The second-order valence-corrected chi connectivity index (χ2v) is 3.60. The first-order valence-electron chi connectivity index (χ1n) is 5.26. The average molecular weight is 244 g/mol. The molecule has 7 heteroatoms. The minimum Gasteiger partial charge on any atom is -0.480 e. The highest BCUT2D eigenvalue weighted by Gasteiger charge is 2.06. The molecule has 0 fully saturated rings. The molecule has 2 heterocycles. The van der Waals surface area contributed by atoms with Gasteiger partial charge in [-0.15, -0.1) is 5.10 Å². The molecule has 0 unspecified atom stereocenters. The fraction of sp³-hybridized carbons (Fsp3) is 0.273. The van der Waals surface area contributed by atoms with Crippen molar-refractivity contribution >= 4 is 5.69 Å². The number of aryl methyl sites for hydroxylation is 1. The molecule has 0 radical (unpaired) electrons. The van der Waals surface area contributed by atoms with Gasteiger partial charge < -0.3 is 10.1 Å². The molecule has 2 rings (SSSR count). The fourth-order valence-electron chi connectivity index (χ4n) is 1.46. The Morgan fingerprint density at radius 3 is 2.94 bits per heavy atom. The summed E-state index contributed by atoms with van der Waals surface area (Å²) >= 11 is 0. The number of nitrogens with one attached hydrogen (secondary N) is 1. The molecule has 0 aromatic carbocycles. The number of nitrogens with zero attached hydrogens (tertiary/aromatic N) is 5. The third-order valence-corrected chi connectivity index (χ3v) is 2.45. The van der Waals surface area contributed by atoms with Crippen molar-refractivity contribution in [3.63, 3.8) is 0 Å². The van der Waals surface area contributed by atoms with E-state index in [1.807, 2.05) is 13.1 Å². The molecule has 0 saturated carbocycles. The molecular formula is C11H12N6O. The number of nitriles is 1. The van der Waals surface area contributed by atoms with Crippen LogP contribution < -0.4 is 10.1 Å². The van der Waals surface area contributed by atoms with E-state index < -0.39 is 0 Å². The molecule has 7 nitrogen and oxygen atoms in total. The van der Waals surface area contributed by atoms with Crippen LogP contribution in [-0.4, -0.2) is 27.1 Å². The second kappa shape index (κ2) is 5.14. The van der Waals surface area contributed by atoms with Crippen LogP contribution in [0.2, 0.25) is 0 Å². The van der Waals surface area contributed by atoms with Gasteiger partial charge in [-0.1, -0.05) is 5.21 Å². The van der Waals surface area contributed by atoms with Crippen molar-refractivity contribution in [2.45, 2.75) is 6.54 Å². The van der Waals surface area contributed by atoms with Crippen LogP contribution >= 0.6 is 0 Å². The molecule has 0 amide bonds. The van der Waals surface area contributed by atoms with Gasteiger partial charge in [-0.25, -0.2) is 4.98 Å². The van der Waals surface area contributed by atoms with Gasteiger partial charge in [0.05, 0.1) is 37.4 Å². The Labute approximate surface area is 104 Å². The van der Waals surface area contributed by atoms with E-state index >= 15 is 0 Å². The van der Waals surface area contributed by atoms with Crippen LogP contribution in [0.5, 0.6) is 5.88 Å². The van der Waals surface area contributed by atoms with E-state index in [1.165, 1.54) is 7.11 Å². The summed E-state index contributed by atoms with van der Waals surface area (Å²) in [6.45, 7) is 0.558. The lowest BCUT2D eigenvalue weighted by atomic mass is 10.2. The Morgan fingerprint density at radius 1 is 1.50 bits per heavy atom. The van der Waals surface area contributed by atoms with Gasteiger partial charge in [0.1, 0.15) is 11.6 Å². The van der Waals surface area contributed by atoms with E-state index in [9.17, 15) is 0 Å². The summed E-state index contributed by atoms with van der Waals surface area (Å²) in [5, 5.41) is 19.7. The molecule has 0 spiro atoms. The van der Waals surface area contributed by atoms with E-state index in [0.717, 1.165) is 11.4 Å². The monoisotopic (exact) mass is 244 g/mol. The normalized spacial score (nSPS) is 9.83. The number of hydrogen-bond donors (Lipinski definition) is 1. The predicted molar refractivity (Wildman–Crippen MR) is 63.8 cm³/mol. The van der Waals surface area contributed by atoms with Crippen LogP contribution in [0.15, 0.2) is 18.5 Å². The van der Waals surface area contributed by atoms with E-state index in [4.69, 9.17) is 10.00 Å². The van der Waals surface area contributed by atoms with Crippen molar-refractivity contribution in [1.82, 2.24) is 20.0 Å². The zero-order valence-corrected chi connectivity index (χ0v) is 10.1.